The van der Waals surface area contributed by atoms with Gasteiger partial charge in [0.05, 0.1) is 6.04 Å². The van der Waals surface area contributed by atoms with Crippen LogP contribution in [-0.4, -0.2) is 52.0 Å². The van der Waals surface area contributed by atoms with Gasteiger partial charge in [-0.2, -0.15) is 0 Å². The van der Waals surface area contributed by atoms with E-state index in [1.165, 1.54) is 0 Å². The van der Waals surface area contributed by atoms with Crippen LogP contribution in [-0.2, 0) is 14.3 Å². The summed E-state index contributed by atoms with van der Waals surface area (Å²) in [6, 6.07) is -0.154. The monoisotopic (exact) mass is 246 g/mol. The minimum absolute atomic E-state index is 0.0394. The Morgan fingerprint density at radius 2 is 1.94 bits per heavy atom. The summed E-state index contributed by atoms with van der Waals surface area (Å²) in [6.07, 6.45) is 1.77. The largest absolute Gasteiger partial charge is 0.385 e. The summed E-state index contributed by atoms with van der Waals surface area (Å²) in [5.41, 5.74) is 0. The maximum atomic E-state index is 11.6. The molecule has 17 heavy (non-hydrogen) atoms. The Labute approximate surface area is 104 Å². The van der Waals surface area contributed by atoms with Crippen molar-refractivity contribution in [2.24, 2.45) is 0 Å². The topological polar surface area (TPSA) is 59.6 Å². The average Bonchev–Trinajstić information content (AvgIpc) is 2.34. The lowest BCUT2D eigenvalue weighted by molar-refractivity contribution is -0.122. The molecule has 5 heteroatoms. The van der Waals surface area contributed by atoms with E-state index >= 15 is 0 Å². The Kier molecular flexibility index (Phi) is 11.4. The van der Waals surface area contributed by atoms with Gasteiger partial charge in [0.15, 0.2) is 0 Å². The molecule has 5 nitrogen and oxygen atoms in total. The Balaban J connectivity index is 3.40. The van der Waals surface area contributed by atoms with E-state index in [2.05, 4.69) is 10.6 Å². The van der Waals surface area contributed by atoms with E-state index in [-0.39, 0.29) is 11.9 Å². The van der Waals surface area contributed by atoms with Crippen LogP contribution in [0.3, 0.4) is 0 Å². The van der Waals surface area contributed by atoms with E-state index < -0.39 is 0 Å². The fraction of sp³-hybridized carbons (Fsp3) is 0.917. The van der Waals surface area contributed by atoms with Crippen LogP contribution in [0.5, 0.6) is 0 Å². The van der Waals surface area contributed by atoms with Crippen molar-refractivity contribution in [3.05, 3.63) is 0 Å². The molecule has 0 fully saturated rings. The smallest absolute Gasteiger partial charge is 0.236 e. The maximum absolute atomic E-state index is 11.6. The zero-order chi connectivity index (χ0) is 12.9. The molecule has 2 N–H and O–H groups in total. The van der Waals surface area contributed by atoms with Crippen LogP contribution < -0.4 is 10.6 Å². The van der Waals surface area contributed by atoms with Gasteiger partial charge in [-0.15, -0.1) is 0 Å². The molecule has 1 atom stereocenters. The minimum atomic E-state index is -0.154. The van der Waals surface area contributed by atoms with Crippen LogP contribution in [0.2, 0.25) is 0 Å². The number of hydrogen-bond acceptors (Lipinski definition) is 4. The summed E-state index contributed by atoms with van der Waals surface area (Å²) in [5, 5.41) is 6.02. The van der Waals surface area contributed by atoms with Gasteiger partial charge in [-0.1, -0.05) is 0 Å². The van der Waals surface area contributed by atoms with Crippen LogP contribution in [0.1, 0.15) is 26.7 Å². The zero-order valence-corrected chi connectivity index (χ0v) is 11.3. The molecule has 0 heterocycles. The van der Waals surface area contributed by atoms with Crippen molar-refractivity contribution in [2.45, 2.75) is 32.7 Å². The van der Waals surface area contributed by atoms with Crippen molar-refractivity contribution >= 4 is 5.91 Å². The molecule has 0 rings (SSSR count). The zero-order valence-electron chi connectivity index (χ0n) is 11.3. The Morgan fingerprint density at radius 1 is 1.24 bits per heavy atom. The first-order valence-corrected chi connectivity index (χ1v) is 6.30. The highest BCUT2D eigenvalue weighted by Gasteiger charge is 2.10. The highest BCUT2D eigenvalue weighted by Crippen LogP contribution is 1.86. The van der Waals surface area contributed by atoms with Crippen molar-refractivity contribution in [3.8, 4) is 0 Å². The summed E-state index contributed by atoms with van der Waals surface area (Å²) < 4.78 is 10.1. The van der Waals surface area contributed by atoms with Crippen molar-refractivity contribution in [3.63, 3.8) is 0 Å². The van der Waals surface area contributed by atoms with Crippen molar-refractivity contribution in [2.75, 3.05) is 40.0 Å². The predicted octanol–water partition coefficient (Wildman–Crippen LogP) is 0.544. The number of carbonyl (C=O) groups is 1. The Hall–Kier alpha value is -0.650. The molecule has 0 radical (unpaired) electrons. The van der Waals surface area contributed by atoms with Gasteiger partial charge in [0.1, 0.15) is 0 Å². The summed E-state index contributed by atoms with van der Waals surface area (Å²) in [4.78, 5) is 11.6. The first kappa shape index (κ1) is 16.4. The van der Waals surface area contributed by atoms with Gasteiger partial charge in [-0.05, 0) is 33.2 Å². The van der Waals surface area contributed by atoms with E-state index in [0.717, 1.165) is 32.6 Å². The summed E-state index contributed by atoms with van der Waals surface area (Å²) >= 11 is 0. The second-order valence-electron chi connectivity index (χ2n) is 3.86. The number of rotatable bonds is 11. The third-order valence-corrected chi connectivity index (χ3v) is 2.34. The first-order valence-electron chi connectivity index (χ1n) is 6.30. The fourth-order valence-electron chi connectivity index (χ4n) is 1.31. The summed E-state index contributed by atoms with van der Waals surface area (Å²) in [7, 11) is 1.66. The van der Waals surface area contributed by atoms with Crippen molar-refractivity contribution < 1.29 is 14.3 Å². The SMILES string of the molecule is CCOCCCNC(C)C(=O)NCCCOC. The number of carbonyl (C=O) groups excluding carboxylic acids is 1. The van der Waals surface area contributed by atoms with Gasteiger partial charge in [0.25, 0.3) is 0 Å². The molecular formula is C12H26N2O3. The predicted molar refractivity (Wildman–Crippen MR) is 68.1 cm³/mol. The van der Waals surface area contributed by atoms with E-state index in [4.69, 9.17) is 9.47 Å². The lowest BCUT2D eigenvalue weighted by Crippen LogP contribution is -2.43. The highest BCUT2D eigenvalue weighted by atomic mass is 16.5. The molecule has 0 aliphatic carbocycles. The van der Waals surface area contributed by atoms with E-state index in [1.54, 1.807) is 7.11 Å². The minimum Gasteiger partial charge on any atom is -0.385 e. The first-order chi connectivity index (χ1) is 8.22. The quantitative estimate of drug-likeness (QED) is 0.523. The summed E-state index contributed by atoms with van der Waals surface area (Å²) in [5.74, 6) is 0.0394. The second kappa shape index (κ2) is 11.8. The Bertz CT molecular complexity index is 189. The second-order valence-corrected chi connectivity index (χ2v) is 3.86. The molecule has 0 aromatic carbocycles. The van der Waals surface area contributed by atoms with Gasteiger partial charge in [-0.3, -0.25) is 4.79 Å². The van der Waals surface area contributed by atoms with Gasteiger partial charge >= 0.3 is 0 Å². The molecule has 0 aromatic rings. The van der Waals surface area contributed by atoms with Crippen LogP contribution in [0.25, 0.3) is 0 Å². The molecular weight excluding hydrogens is 220 g/mol. The van der Waals surface area contributed by atoms with E-state index in [9.17, 15) is 4.79 Å². The normalized spacial score (nSPS) is 12.4. The number of nitrogens with one attached hydrogen (secondary N) is 2. The molecule has 0 spiro atoms. The van der Waals surface area contributed by atoms with Gasteiger partial charge in [0, 0.05) is 33.5 Å². The third-order valence-electron chi connectivity index (χ3n) is 2.34. The fourth-order valence-corrected chi connectivity index (χ4v) is 1.31. The highest BCUT2D eigenvalue weighted by molar-refractivity contribution is 5.81. The molecule has 0 saturated carbocycles. The van der Waals surface area contributed by atoms with Gasteiger partial charge in [0.2, 0.25) is 5.91 Å². The molecule has 0 bridgehead atoms. The van der Waals surface area contributed by atoms with Gasteiger partial charge < -0.3 is 20.1 Å². The van der Waals surface area contributed by atoms with E-state index in [1.807, 2.05) is 13.8 Å². The molecule has 1 amide bonds. The van der Waals surface area contributed by atoms with Crippen LogP contribution in [0.4, 0.5) is 0 Å². The van der Waals surface area contributed by atoms with Crippen molar-refractivity contribution in [1.82, 2.24) is 10.6 Å². The molecule has 0 aromatic heterocycles. The number of ether oxygens (including phenoxy) is 2. The third kappa shape index (κ3) is 10.2. The maximum Gasteiger partial charge on any atom is 0.236 e. The lowest BCUT2D eigenvalue weighted by atomic mass is 10.3. The van der Waals surface area contributed by atoms with Crippen LogP contribution in [0, 0.1) is 0 Å². The molecule has 0 aliphatic heterocycles. The summed E-state index contributed by atoms with van der Waals surface area (Å²) in [6.45, 7) is 7.47. The standard InChI is InChI=1S/C12H26N2O3/c1-4-17-10-6-7-13-11(2)12(15)14-8-5-9-16-3/h11,13H,4-10H2,1-3H3,(H,14,15). The average molecular weight is 246 g/mol. The van der Waals surface area contributed by atoms with E-state index in [0.29, 0.717) is 13.2 Å². The lowest BCUT2D eigenvalue weighted by Gasteiger charge is -2.13. The molecule has 0 aliphatic rings. The number of methoxy groups -OCH3 is 1. The number of amides is 1. The number of hydrogen-bond donors (Lipinski definition) is 2. The van der Waals surface area contributed by atoms with Crippen molar-refractivity contribution in [1.29, 1.82) is 0 Å². The van der Waals surface area contributed by atoms with Crippen LogP contribution in [0.15, 0.2) is 0 Å². The molecule has 1 unspecified atom stereocenters. The molecule has 102 valence electrons. The molecule has 0 saturated heterocycles. The van der Waals surface area contributed by atoms with Crippen LogP contribution >= 0.6 is 0 Å². The Morgan fingerprint density at radius 3 is 2.59 bits per heavy atom. The van der Waals surface area contributed by atoms with Gasteiger partial charge in [-0.25, -0.2) is 0 Å².